The summed E-state index contributed by atoms with van der Waals surface area (Å²) in [6.45, 7) is 2.04. The lowest BCUT2D eigenvalue weighted by Crippen LogP contribution is -2.43. The van der Waals surface area contributed by atoms with Crippen molar-refractivity contribution in [2.24, 2.45) is 0 Å². The van der Waals surface area contributed by atoms with Crippen LogP contribution in [-0.2, 0) is 19.1 Å². The molecule has 0 unspecified atom stereocenters. The van der Waals surface area contributed by atoms with Crippen molar-refractivity contribution in [3.05, 3.63) is 0 Å². The molecule has 0 spiro atoms. The predicted molar refractivity (Wildman–Crippen MR) is 68.6 cm³/mol. The van der Waals surface area contributed by atoms with Crippen molar-refractivity contribution < 1.29 is 23.9 Å². The minimum Gasteiger partial charge on any atom is -0.469 e. The first kappa shape index (κ1) is 15.9. The third-order valence-corrected chi connectivity index (χ3v) is 3.07. The Bertz CT molecular complexity index is 423. The van der Waals surface area contributed by atoms with Gasteiger partial charge in [-0.05, 0) is 6.92 Å². The first-order valence-corrected chi connectivity index (χ1v) is 6.30. The molecule has 0 bridgehead atoms. The zero-order valence-corrected chi connectivity index (χ0v) is 11.9. The van der Waals surface area contributed by atoms with E-state index in [4.69, 9.17) is 0 Å². The van der Waals surface area contributed by atoms with Crippen LogP contribution in [0.1, 0.15) is 13.3 Å². The summed E-state index contributed by atoms with van der Waals surface area (Å²) in [5.74, 6) is -1.17. The molecule has 0 saturated carbocycles. The van der Waals surface area contributed by atoms with Gasteiger partial charge < -0.3 is 14.5 Å². The highest BCUT2D eigenvalue weighted by atomic mass is 16.5. The molecule has 4 amide bonds. The summed E-state index contributed by atoms with van der Waals surface area (Å²) in [5.41, 5.74) is 0. The van der Waals surface area contributed by atoms with Crippen LogP contribution in [0.5, 0.6) is 0 Å². The van der Waals surface area contributed by atoms with E-state index in [0.29, 0.717) is 6.54 Å². The zero-order chi connectivity index (χ0) is 15.3. The van der Waals surface area contributed by atoms with E-state index in [9.17, 15) is 19.2 Å². The van der Waals surface area contributed by atoms with Gasteiger partial charge in [-0.15, -0.1) is 0 Å². The van der Waals surface area contributed by atoms with Gasteiger partial charge in [0, 0.05) is 20.1 Å². The average molecular weight is 285 g/mol. The topological polar surface area (TPSA) is 87.2 Å². The average Bonchev–Trinajstić information content (AvgIpc) is 2.65. The molecular formula is C12H19N3O5. The summed E-state index contributed by atoms with van der Waals surface area (Å²) < 4.78 is 4.50. The van der Waals surface area contributed by atoms with Crippen molar-refractivity contribution in [3.63, 3.8) is 0 Å². The van der Waals surface area contributed by atoms with Gasteiger partial charge in [-0.25, -0.2) is 4.79 Å². The molecule has 0 aromatic heterocycles. The van der Waals surface area contributed by atoms with Crippen molar-refractivity contribution in [1.29, 1.82) is 0 Å². The number of urea groups is 1. The number of carbonyl (C=O) groups is 4. The zero-order valence-electron chi connectivity index (χ0n) is 11.9. The third kappa shape index (κ3) is 3.69. The molecule has 1 heterocycles. The van der Waals surface area contributed by atoms with Crippen LogP contribution in [-0.4, -0.2) is 78.9 Å². The Hall–Kier alpha value is -2.12. The summed E-state index contributed by atoms with van der Waals surface area (Å²) in [4.78, 5) is 49.9. The number of methoxy groups -OCH3 is 1. The van der Waals surface area contributed by atoms with Crippen LogP contribution >= 0.6 is 0 Å². The highest BCUT2D eigenvalue weighted by molar-refractivity contribution is 6.04. The number of carbonyl (C=O) groups excluding carboxylic acids is 4. The quantitative estimate of drug-likeness (QED) is 0.475. The first-order chi connectivity index (χ1) is 9.40. The number of ether oxygens (including phenoxy) is 1. The van der Waals surface area contributed by atoms with E-state index in [1.807, 2.05) is 0 Å². The van der Waals surface area contributed by atoms with Gasteiger partial charge >= 0.3 is 12.0 Å². The molecule has 112 valence electrons. The van der Waals surface area contributed by atoms with Crippen molar-refractivity contribution in [1.82, 2.24) is 14.7 Å². The summed E-state index contributed by atoms with van der Waals surface area (Å²) in [6, 6.07) is -0.479. The molecule has 8 heteroatoms. The monoisotopic (exact) mass is 285 g/mol. The fraction of sp³-hybridized carbons (Fsp3) is 0.667. The van der Waals surface area contributed by atoms with Crippen LogP contribution < -0.4 is 0 Å². The molecule has 1 fully saturated rings. The molecule has 1 aliphatic heterocycles. The maximum absolute atomic E-state index is 12.0. The molecule has 20 heavy (non-hydrogen) atoms. The number of esters is 1. The largest absolute Gasteiger partial charge is 0.469 e. The summed E-state index contributed by atoms with van der Waals surface area (Å²) in [5, 5.41) is 0. The molecule has 0 N–H and O–H groups in total. The third-order valence-electron chi connectivity index (χ3n) is 3.07. The van der Waals surface area contributed by atoms with Gasteiger partial charge in [0.05, 0.1) is 13.5 Å². The number of hydrogen-bond acceptors (Lipinski definition) is 5. The van der Waals surface area contributed by atoms with Crippen molar-refractivity contribution in [3.8, 4) is 0 Å². The second-order valence-electron chi connectivity index (χ2n) is 4.42. The smallest absolute Gasteiger partial charge is 0.327 e. The van der Waals surface area contributed by atoms with Crippen molar-refractivity contribution in [2.45, 2.75) is 13.3 Å². The Morgan fingerprint density at radius 3 is 2.45 bits per heavy atom. The number of likely N-dealkylation sites (N-methyl/N-ethyl adjacent to an activating group) is 2. The predicted octanol–water partition coefficient (Wildman–Crippen LogP) is -0.708. The van der Waals surface area contributed by atoms with Crippen molar-refractivity contribution in [2.75, 3.05) is 40.3 Å². The standard InChI is InChI=1S/C12H19N3O5/c1-4-14(6-5-11(18)20-3)9(16)8-15-10(17)7-13(2)12(15)19/h4-8H2,1-3H3. The Kier molecular flexibility index (Phi) is 5.48. The molecule has 0 aliphatic carbocycles. The van der Waals surface area contributed by atoms with Crippen LogP contribution in [0.2, 0.25) is 0 Å². The molecule has 0 aromatic rings. The Morgan fingerprint density at radius 1 is 1.35 bits per heavy atom. The van der Waals surface area contributed by atoms with E-state index >= 15 is 0 Å². The van der Waals surface area contributed by atoms with Crippen LogP contribution in [0.4, 0.5) is 4.79 Å². The number of hydrogen-bond donors (Lipinski definition) is 0. The van der Waals surface area contributed by atoms with E-state index in [1.54, 1.807) is 6.92 Å². The van der Waals surface area contributed by atoms with Gasteiger partial charge in [0.25, 0.3) is 5.91 Å². The van der Waals surface area contributed by atoms with Crippen LogP contribution in [0, 0.1) is 0 Å². The second kappa shape index (κ2) is 6.88. The molecule has 8 nitrogen and oxygen atoms in total. The number of rotatable bonds is 6. The van der Waals surface area contributed by atoms with E-state index in [-0.39, 0.29) is 32.0 Å². The minimum atomic E-state index is -0.479. The number of imide groups is 1. The van der Waals surface area contributed by atoms with Crippen LogP contribution in [0.3, 0.4) is 0 Å². The molecule has 1 aliphatic rings. The SMILES string of the molecule is CCN(CCC(=O)OC)C(=O)CN1C(=O)CN(C)C1=O. The first-order valence-electron chi connectivity index (χ1n) is 6.30. The summed E-state index contributed by atoms with van der Waals surface area (Å²) >= 11 is 0. The maximum Gasteiger partial charge on any atom is 0.327 e. The summed E-state index contributed by atoms with van der Waals surface area (Å²) in [7, 11) is 2.78. The van der Waals surface area contributed by atoms with Gasteiger partial charge in [0.2, 0.25) is 5.91 Å². The fourth-order valence-corrected chi connectivity index (χ4v) is 1.85. The van der Waals surface area contributed by atoms with E-state index < -0.39 is 17.9 Å². The molecule has 1 saturated heterocycles. The Labute approximate surface area is 117 Å². The molecule has 0 aromatic carbocycles. The Balaban J connectivity index is 2.57. The van der Waals surface area contributed by atoms with Gasteiger partial charge in [-0.2, -0.15) is 0 Å². The van der Waals surface area contributed by atoms with Gasteiger partial charge in [-0.3, -0.25) is 19.3 Å². The highest BCUT2D eigenvalue weighted by Gasteiger charge is 2.35. The van der Waals surface area contributed by atoms with Gasteiger partial charge in [0.15, 0.2) is 0 Å². The van der Waals surface area contributed by atoms with Gasteiger partial charge in [0.1, 0.15) is 13.1 Å². The lowest BCUT2D eigenvalue weighted by molar-refractivity contribution is -0.142. The lowest BCUT2D eigenvalue weighted by atomic mass is 10.3. The molecule has 0 radical (unpaired) electrons. The van der Waals surface area contributed by atoms with Crippen LogP contribution in [0.25, 0.3) is 0 Å². The lowest BCUT2D eigenvalue weighted by Gasteiger charge is -2.22. The van der Waals surface area contributed by atoms with Crippen LogP contribution in [0.15, 0.2) is 0 Å². The normalized spacial score (nSPS) is 14.8. The second-order valence-corrected chi connectivity index (χ2v) is 4.42. The van der Waals surface area contributed by atoms with Crippen molar-refractivity contribution >= 4 is 23.8 Å². The van der Waals surface area contributed by atoms with E-state index in [1.165, 1.54) is 24.0 Å². The Morgan fingerprint density at radius 2 is 2.00 bits per heavy atom. The molecule has 0 atom stereocenters. The number of amides is 4. The minimum absolute atomic E-state index is 0.0135. The molecule has 1 rings (SSSR count). The molecular weight excluding hydrogens is 266 g/mol. The maximum atomic E-state index is 12.0. The van der Waals surface area contributed by atoms with Gasteiger partial charge in [-0.1, -0.05) is 0 Å². The van der Waals surface area contributed by atoms with E-state index in [0.717, 1.165) is 4.90 Å². The highest BCUT2D eigenvalue weighted by Crippen LogP contribution is 2.08. The fourth-order valence-electron chi connectivity index (χ4n) is 1.85. The number of nitrogens with zero attached hydrogens (tertiary/aromatic N) is 3. The summed E-state index contributed by atoms with van der Waals surface area (Å²) in [6.07, 6.45) is 0.0812. The van der Waals surface area contributed by atoms with E-state index in [2.05, 4.69) is 4.74 Å².